The van der Waals surface area contributed by atoms with E-state index >= 15 is 0 Å². The highest BCUT2D eigenvalue weighted by Gasteiger charge is 2.04. The number of pyridine rings is 1. The zero-order valence-corrected chi connectivity index (χ0v) is 11.8. The summed E-state index contributed by atoms with van der Waals surface area (Å²) in [7, 11) is 0. The summed E-state index contributed by atoms with van der Waals surface area (Å²) >= 11 is 6.52. The van der Waals surface area contributed by atoms with Crippen molar-refractivity contribution in [1.29, 1.82) is 0 Å². The summed E-state index contributed by atoms with van der Waals surface area (Å²) in [5.41, 5.74) is 0.760. The quantitative estimate of drug-likeness (QED) is 0.802. The molecule has 0 aliphatic carbocycles. The van der Waals surface area contributed by atoms with Crippen LogP contribution in [0.25, 0.3) is 0 Å². The fraction of sp³-hybridized carbons (Fsp3) is 0.0833. The Morgan fingerprint density at radius 3 is 2.47 bits per heavy atom. The normalized spacial score (nSPS) is 10.5. The molecule has 0 fully saturated rings. The molecular formula is C12H8Br2FNO. The molecule has 5 heteroatoms. The lowest BCUT2D eigenvalue weighted by Gasteiger charge is -2.07. The lowest BCUT2D eigenvalue weighted by molar-refractivity contribution is 0.626. The highest BCUT2D eigenvalue weighted by Crippen LogP contribution is 2.14. The molecule has 0 saturated heterocycles. The standard InChI is InChI=1S/C12H8Br2FNO/c13-9-5-11(14)12(17)16(7-9)6-8-1-3-10(15)4-2-8/h1-5,7H,6H2. The van der Waals surface area contributed by atoms with Gasteiger partial charge in [-0.15, -0.1) is 0 Å². The van der Waals surface area contributed by atoms with Crippen molar-refractivity contribution in [1.82, 2.24) is 4.57 Å². The van der Waals surface area contributed by atoms with Crippen LogP contribution in [0.15, 0.2) is 50.3 Å². The molecule has 0 aliphatic rings. The zero-order valence-electron chi connectivity index (χ0n) is 8.66. The van der Waals surface area contributed by atoms with Crippen molar-refractivity contribution in [2.45, 2.75) is 6.54 Å². The van der Waals surface area contributed by atoms with Gasteiger partial charge in [-0.25, -0.2) is 4.39 Å². The second-order valence-corrected chi connectivity index (χ2v) is 5.34. The van der Waals surface area contributed by atoms with E-state index in [4.69, 9.17) is 0 Å². The monoisotopic (exact) mass is 359 g/mol. The number of rotatable bonds is 2. The van der Waals surface area contributed by atoms with Crippen LogP contribution in [0, 0.1) is 5.82 Å². The minimum absolute atomic E-state index is 0.113. The van der Waals surface area contributed by atoms with Gasteiger partial charge >= 0.3 is 0 Å². The third-order valence-corrected chi connectivity index (χ3v) is 3.28. The Balaban J connectivity index is 2.36. The molecule has 1 aromatic heterocycles. The third-order valence-electron chi connectivity index (χ3n) is 2.28. The van der Waals surface area contributed by atoms with Gasteiger partial charge in [-0.2, -0.15) is 0 Å². The molecule has 0 spiro atoms. The van der Waals surface area contributed by atoms with E-state index in [0.717, 1.165) is 10.0 Å². The molecule has 2 nitrogen and oxygen atoms in total. The first kappa shape index (κ1) is 12.5. The maximum absolute atomic E-state index is 12.7. The van der Waals surface area contributed by atoms with Gasteiger partial charge in [-0.3, -0.25) is 4.79 Å². The molecule has 2 rings (SSSR count). The van der Waals surface area contributed by atoms with Crippen molar-refractivity contribution in [3.63, 3.8) is 0 Å². The molecule has 0 radical (unpaired) electrons. The van der Waals surface area contributed by atoms with Crippen molar-refractivity contribution in [2.24, 2.45) is 0 Å². The number of hydrogen-bond acceptors (Lipinski definition) is 1. The first-order chi connectivity index (χ1) is 8.06. The maximum Gasteiger partial charge on any atom is 0.265 e. The molecule has 17 heavy (non-hydrogen) atoms. The summed E-state index contributed by atoms with van der Waals surface area (Å²) in [6.45, 7) is 0.414. The molecule has 88 valence electrons. The van der Waals surface area contributed by atoms with Crippen LogP contribution in [0.1, 0.15) is 5.56 Å². The van der Waals surface area contributed by atoms with Crippen LogP contribution in [0.3, 0.4) is 0 Å². The Bertz CT molecular complexity index is 592. The van der Waals surface area contributed by atoms with Gasteiger partial charge in [-0.05, 0) is 55.6 Å². The molecule has 2 aromatic rings. The first-order valence-electron chi connectivity index (χ1n) is 4.86. The van der Waals surface area contributed by atoms with Crippen molar-refractivity contribution < 1.29 is 4.39 Å². The Kier molecular flexibility index (Phi) is 3.79. The van der Waals surface area contributed by atoms with Gasteiger partial charge in [0.05, 0.1) is 11.0 Å². The highest BCUT2D eigenvalue weighted by molar-refractivity contribution is 9.11. The Morgan fingerprint density at radius 2 is 1.82 bits per heavy atom. The van der Waals surface area contributed by atoms with E-state index in [1.807, 2.05) is 0 Å². The van der Waals surface area contributed by atoms with Gasteiger partial charge in [0.2, 0.25) is 0 Å². The molecule has 0 bridgehead atoms. The fourth-order valence-electron chi connectivity index (χ4n) is 1.47. The van der Waals surface area contributed by atoms with E-state index in [-0.39, 0.29) is 11.4 Å². The second-order valence-electron chi connectivity index (χ2n) is 3.57. The summed E-state index contributed by atoms with van der Waals surface area (Å²) in [4.78, 5) is 11.8. The first-order valence-corrected chi connectivity index (χ1v) is 6.45. The van der Waals surface area contributed by atoms with E-state index in [0.29, 0.717) is 11.0 Å². The summed E-state index contributed by atoms with van der Waals surface area (Å²) < 4.78 is 15.6. The predicted molar refractivity (Wildman–Crippen MR) is 71.6 cm³/mol. The number of aromatic nitrogens is 1. The minimum Gasteiger partial charge on any atom is -0.309 e. The number of nitrogens with zero attached hydrogens (tertiary/aromatic N) is 1. The van der Waals surface area contributed by atoms with E-state index < -0.39 is 0 Å². The average molecular weight is 361 g/mol. The van der Waals surface area contributed by atoms with E-state index in [9.17, 15) is 9.18 Å². The van der Waals surface area contributed by atoms with Crippen molar-refractivity contribution in [3.05, 3.63) is 67.2 Å². The van der Waals surface area contributed by atoms with Crippen molar-refractivity contribution >= 4 is 31.9 Å². The average Bonchev–Trinajstić information content (AvgIpc) is 2.28. The van der Waals surface area contributed by atoms with Gasteiger partial charge in [0, 0.05) is 10.7 Å². The molecule has 0 unspecified atom stereocenters. The zero-order chi connectivity index (χ0) is 12.4. The summed E-state index contributed by atoms with van der Waals surface area (Å²) in [5, 5.41) is 0. The molecule has 0 aliphatic heterocycles. The van der Waals surface area contributed by atoms with Crippen molar-refractivity contribution in [3.8, 4) is 0 Å². The van der Waals surface area contributed by atoms with Gasteiger partial charge in [0.15, 0.2) is 0 Å². The lowest BCUT2D eigenvalue weighted by Crippen LogP contribution is -2.20. The minimum atomic E-state index is -0.281. The number of benzene rings is 1. The van der Waals surface area contributed by atoms with Crippen LogP contribution < -0.4 is 5.56 Å². The van der Waals surface area contributed by atoms with Crippen molar-refractivity contribution in [2.75, 3.05) is 0 Å². The van der Waals surface area contributed by atoms with Gasteiger partial charge < -0.3 is 4.57 Å². The topological polar surface area (TPSA) is 22.0 Å². The molecular weight excluding hydrogens is 353 g/mol. The largest absolute Gasteiger partial charge is 0.309 e. The molecule has 0 saturated carbocycles. The third kappa shape index (κ3) is 3.04. The summed E-state index contributed by atoms with van der Waals surface area (Å²) in [5.74, 6) is -0.281. The molecule has 0 amide bonds. The Labute approximate surface area is 114 Å². The van der Waals surface area contributed by atoms with Crippen LogP contribution in [-0.4, -0.2) is 4.57 Å². The smallest absolute Gasteiger partial charge is 0.265 e. The Morgan fingerprint density at radius 1 is 1.18 bits per heavy atom. The molecule has 0 N–H and O–H groups in total. The predicted octanol–water partition coefficient (Wildman–Crippen LogP) is 3.56. The van der Waals surface area contributed by atoms with Crippen LogP contribution in [0.5, 0.6) is 0 Å². The fourth-order valence-corrected chi connectivity index (χ4v) is 2.73. The van der Waals surface area contributed by atoms with E-state index in [2.05, 4.69) is 31.9 Å². The van der Waals surface area contributed by atoms with Crippen LogP contribution in [-0.2, 0) is 6.54 Å². The van der Waals surface area contributed by atoms with Gasteiger partial charge in [0.1, 0.15) is 5.82 Å². The second kappa shape index (κ2) is 5.14. The molecule has 0 atom stereocenters. The number of halogens is 3. The van der Waals surface area contributed by atoms with Gasteiger partial charge in [-0.1, -0.05) is 12.1 Å². The SMILES string of the molecule is O=c1c(Br)cc(Br)cn1Cc1ccc(F)cc1. The Hall–Kier alpha value is -0.940. The molecule has 1 heterocycles. The highest BCUT2D eigenvalue weighted by atomic mass is 79.9. The van der Waals surface area contributed by atoms with Crippen LogP contribution >= 0.6 is 31.9 Å². The maximum atomic E-state index is 12.7. The van der Waals surface area contributed by atoms with E-state index in [1.54, 1.807) is 29.0 Å². The van der Waals surface area contributed by atoms with E-state index in [1.165, 1.54) is 12.1 Å². The lowest BCUT2D eigenvalue weighted by atomic mass is 10.2. The van der Waals surface area contributed by atoms with Crippen LogP contribution in [0.4, 0.5) is 4.39 Å². The van der Waals surface area contributed by atoms with Gasteiger partial charge in [0.25, 0.3) is 5.56 Å². The number of hydrogen-bond donors (Lipinski definition) is 0. The summed E-state index contributed by atoms with van der Waals surface area (Å²) in [6.07, 6.45) is 1.70. The molecule has 1 aromatic carbocycles. The summed E-state index contributed by atoms with van der Waals surface area (Å²) in [6, 6.07) is 7.79. The van der Waals surface area contributed by atoms with Crippen LogP contribution in [0.2, 0.25) is 0 Å².